The molecule has 0 spiro atoms. The molecule has 0 saturated carbocycles. The zero-order valence-corrected chi connectivity index (χ0v) is 30.3. The molecule has 45 heavy (non-hydrogen) atoms. The molecule has 0 heterocycles. The van der Waals surface area contributed by atoms with Gasteiger partial charge < -0.3 is 14.2 Å². The van der Waals surface area contributed by atoms with Crippen molar-refractivity contribution in [3.8, 4) is 0 Å². The lowest BCUT2D eigenvalue weighted by atomic mass is 10.00. The molecule has 0 amide bonds. The van der Waals surface area contributed by atoms with E-state index < -0.39 is 6.10 Å². The van der Waals surface area contributed by atoms with E-state index >= 15 is 0 Å². The average molecular weight is 639 g/mol. The van der Waals surface area contributed by atoms with Crippen LogP contribution in [-0.4, -0.2) is 37.2 Å². The molecule has 266 valence electrons. The van der Waals surface area contributed by atoms with Gasteiger partial charge in [-0.25, -0.2) is 0 Å². The Morgan fingerprint density at radius 2 is 0.778 bits per heavy atom. The minimum Gasteiger partial charge on any atom is -0.462 e. The second kappa shape index (κ2) is 33.8. The maximum atomic E-state index is 12.4. The van der Waals surface area contributed by atoms with Crippen LogP contribution in [-0.2, 0) is 28.6 Å². The third kappa shape index (κ3) is 32.2. The molecule has 0 aliphatic rings. The molecule has 0 aliphatic carbocycles. The summed E-state index contributed by atoms with van der Waals surface area (Å²) in [6.45, 7) is 8.85. The molecular weight excluding hydrogens is 564 g/mol. The molecule has 0 fully saturated rings. The molecule has 2 atom stereocenters. The SMILES string of the molecule is CCCCCCCCCCCCCCC(=O)OC[C@H](COC(=O)CCCCCCCCC(C)CC)OC(=O)CCCCCCC. The largest absolute Gasteiger partial charge is 0.462 e. The monoisotopic (exact) mass is 639 g/mol. The van der Waals surface area contributed by atoms with Crippen LogP contribution in [0, 0.1) is 5.92 Å². The van der Waals surface area contributed by atoms with Crippen LogP contribution in [0.3, 0.4) is 0 Å². The zero-order chi connectivity index (χ0) is 33.2. The number of carbonyl (C=O) groups is 3. The highest BCUT2D eigenvalue weighted by atomic mass is 16.6. The lowest BCUT2D eigenvalue weighted by molar-refractivity contribution is -0.167. The Labute approximate surface area is 278 Å². The van der Waals surface area contributed by atoms with E-state index in [1.165, 1.54) is 96.3 Å². The van der Waals surface area contributed by atoms with Gasteiger partial charge in [0, 0.05) is 19.3 Å². The average Bonchev–Trinajstić information content (AvgIpc) is 3.03. The first-order valence-corrected chi connectivity index (χ1v) is 19.4. The van der Waals surface area contributed by atoms with Crippen LogP contribution in [0.15, 0.2) is 0 Å². The van der Waals surface area contributed by atoms with Gasteiger partial charge in [-0.1, -0.05) is 169 Å². The summed E-state index contributed by atoms with van der Waals surface area (Å²) in [6, 6.07) is 0. The topological polar surface area (TPSA) is 78.9 Å². The van der Waals surface area contributed by atoms with Gasteiger partial charge >= 0.3 is 17.9 Å². The Hall–Kier alpha value is -1.59. The number of hydrogen-bond acceptors (Lipinski definition) is 6. The van der Waals surface area contributed by atoms with Crippen molar-refractivity contribution >= 4 is 17.9 Å². The molecule has 6 nitrogen and oxygen atoms in total. The molecule has 0 radical (unpaired) electrons. The number of hydrogen-bond donors (Lipinski definition) is 0. The summed E-state index contributed by atoms with van der Waals surface area (Å²) in [4.78, 5) is 37.2. The molecule has 0 aromatic carbocycles. The van der Waals surface area contributed by atoms with Crippen molar-refractivity contribution in [1.29, 1.82) is 0 Å². The number of ether oxygens (including phenoxy) is 3. The second-order valence-electron chi connectivity index (χ2n) is 13.5. The molecule has 0 saturated heterocycles. The van der Waals surface area contributed by atoms with E-state index in [0.29, 0.717) is 19.3 Å². The van der Waals surface area contributed by atoms with Crippen LogP contribution >= 0.6 is 0 Å². The summed E-state index contributed by atoms with van der Waals surface area (Å²) in [6.07, 6.45) is 29.7. The van der Waals surface area contributed by atoms with Crippen molar-refractivity contribution in [2.45, 2.75) is 214 Å². The van der Waals surface area contributed by atoms with Gasteiger partial charge in [0.1, 0.15) is 13.2 Å². The predicted octanol–water partition coefficient (Wildman–Crippen LogP) is 11.6. The first-order valence-electron chi connectivity index (χ1n) is 19.4. The van der Waals surface area contributed by atoms with E-state index in [1.54, 1.807) is 0 Å². The lowest BCUT2D eigenvalue weighted by Crippen LogP contribution is -2.30. The number of unbranched alkanes of at least 4 members (excludes halogenated alkanes) is 20. The van der Waals surface area contributed by atoms with Gasteiger partial charge in [0.25, 0.3) is 0 Å². The Morgan fingerprint density at radius 3 is 1.16 bits per heavy atom. The van der Waals surface area contributed by atoms with Gasteiger partial charge in [-0.05, 0) is 25.2 Å². The first kappa shape index (κ1) is 43.4. The summed E-state index contributed by atoms with van der Waals surface area (Å²) in [5.74, 6) is -0.0670. The van der Waals surface area contributed by atoms with Crippen LogP contribution < -0.4 is 0 Å². The molecule has 0 rings (SSSR count). The highest BCUT2D eigenvalue weighted by Gasteiger charge is 2.19. The van der Waals surface area contributed by atoms with Crippen molar-refractivity contribution in [3.63, 3.8) is 0 Å². The standard InChI is InChI=1S/C39H74O6/c1-5-8-10-12-13-14-15-16-17-18-23-26-30-37(40)43-33-36(45-39(42)32-28-21-11-9-6-2)34-44-38(41)31-27-24-20-19-22-25-29-35(4)7-3/h35-36H,5-34H2,1-4H3/t35?,36-/m1/s1. The Morgan fingerprint density at radius 1 is 0.444 bits per heavy atom. The van der Waals surface area contributed by atoms with E-state index in [9.17, 15) is 14.4 Å². The molecular formula is C39H74O6. The van der Waals surface area contributed by atoms with Crippen molar-refractivity contribution in [1.82, 2.24) is 0 Å². The molecule has 0 aromatic rings. The fraction of sp³-hybridized carbons (Fsp3) is 0.923. The zero-order valence-electron chi connectivity index (χ0n) is 30.3. The summed E-state index contributed by atoms with van der Waals surface area (Å²) in [7, 11) is 0. The van der Waals surface area contributed by atoms with Gasteiger partial charge in [-0.2, -0.15) is 0 Å². The predicted molar refractivity (Wildman–Crippen MR) is 187 cm³/mol. The van der Waals surface area contributed by atoms with E-state index in [0.717, 1.165) is 70.1 Å². The highest BCUT2D eigenvalue weighted by molar-refractivity contribution is 5.71. The highest BCUT2D eigenvalue weighted by Crippen LogP contribution is 2.16. The maximum Gasteiger partial charge on any atom is 0.306 e. The second-order valence-corrected chi connectivity index (χ2v) is 13.5. The van der Waals surface area contributed by atoms with Crippen LogP contribution in [0.4, 0.5) is 0 Å². The van der Waals surface area contributed by atoms with Gasteiger partial charge in [0.05, 0.1) is 0 Å². The molecule has 0 bridgehead atoms. The molecule has 0 aromatic heterocycles. The summed E-state index contributed by atoms with van der Waals surface area (Å²) < 4.78 is 16.5. The fourth-order valence-corrected chi connectivity index (χ4v) is 5.53. The van der Waals surface area contributed by atoms with Crippen molar-refractivity contribution in [3.05, 3.63) is 0 Å². The Kier molecular flexibility index (Phi) is 32.6. The van der Waals surface area contributed by atoms with Crippen LogP contribution in [0.2, 0.25) is 0 Å². The molecule has 0 aliphatic heterocycles. The number of rotatable bonds is 34. The van der Waals surface area contributed by atoms with Gasteiger partial charge in [0.2, 0.25) is 0 Å². The fourth-order valence-electron chi connectivity index (χ4n) is 5.53. The van der Waals surface area contributed by atoms with Gasteiger partial charge in [-0.3, -0.25) is 14.4 Å². The minimum absolute atomic E-state index is 0.0669. The Bertz CT molecular complexity index is 678. The third-order valence-electron chi connectivity index (χ3n) is 8.90. The quantitative estimate of drug-likeness (QED) is 0.0396. The van der Waals surface area contributed by atoms with Crippen molar-refractivity contribution < 1.29 is 28.6 Å². The summed E-state index contributed by atoms with van der Waals surface area (Å²) in [5.41, 5.74) is 0. The van der Waals surface area contributed by atoms with Crippen molar-refractivity contribution in [2.24, 2.45) is 5.92 Å². The van der Waals surface area contributed by atoms with Gasteiger partial charge in [-0.15, -0.1) is 0 Å². The van der Waals surface area contributed by atoms with Crippen LogP contribution in [0.1, 0.15) is 207 Å². The number of esters is 3. The lowest BCUT2D eigenvalue weighted by Gasteiger charge is -2.18. The summed E-state index contributed by atoms with van der Waals surface area (Å²) in [5, 5.41) is 0. The van der Waals surface area contributed by atoms with E-state index in [-0.39, 0.29) is 31.1 Å². The normalized spacial score (nSPS) is 12.5. The Balaban J connectivity index is 4.24. The third-order valence-corrected chi connectivity index (χ3v) is 8.90. The van der Waals surface area contributed by atoms with E-state index in [4.69, 9.17) is 14.2 Å². The first-order chi connectivity index (χ1) is 21.9. The van der Waals surface area contributed by atoms with E-state index in [2.05, 4.69) is 27.7 Å². The number of carbonyl (C=O) groups excluding carboxylic acids is 3. The van der Waals surface area contributed by atoms with Crippen molar-refractivity contribution in [2.75, 3.05) is 13.2 Å². The van der Waals surface area contributed by atoms with E-state index in [1.807, 2.05) is 0 Å². The van der Waals surface area contributed by atoms with Gasteiger partial charge in [0.15, 0.2) is 6.10 Å². The summed E-state index contributed by atoms with van der Waals surface area (Å²) >= 11 is 0. The maximum absolute atomic E-state index is 12.4. The molecule has 6 heteroatoms. The molecule has 1 unspecified atom stereocenters. The molecule has 0 N–H and O–H groups in total. The minimum atomic E-state index is -0.756. The van der Waals surface area contributed by atoms with Crippen LogP contribution in [0.5, 0.6) is 0 Å². The van der Waals surface area contributed by atoms with Crippen LogP contribution in [0.25, 0.3) is 0 Å². The smallest absolute Gasteiger partial charge is 0.306 e.